The van der Waals surface area contributed by atoms with Crippen LogP contribution in [0.15, 0.2) is 88.9 Å². The predicted octanol–water partition coefficient (Wildman–Crippen LogP) is 3.65. The summed E-state index contributed by atoms with van der Waals surface area (Å²) in [6, 6.07) is 22.6. The zero-order chi connectivity index (χ0) is 21.6. The van der Waals surface area contributed by atoms with Gasteiger partial charge in [-0.05, 0) is 43.7 Å². The first-order valence-corrected chi connectivity index (χ1v) is 10.8. The van der Waals surface area contributed by atoms with E-state index in [2.05, 4.69) is 10.5 Å². The maximum Gasteiger partial charge on any atom is 0.264 e. The Balaban J connectivity index is 1.81. The normalized spacial score (nSPS) is 11.4. The van der Waals surface area contributed by atoms with E-state index >= 15 is 0 Å². The van der Waals surface area contributed by atoms with E-state index < -0.39 is 22.5 Å². The van der Waals surface area contributed by atoms with Gasteiger partial charge in [0.25, 0.3) is 15.9 Å². The van der Waals surface area contributed by atoms with Crippen molar-refractivity contribution in [2.75, 3.05) is 10.8 Å². The lowest BCUT2D eigenvalue weighted by molar-refractivity contribution is -0.119. The molecule has 6 nitrogen and oxygen atoms in total. The second-order valence-electron chi connectivity index (χ2n) is 6.86. The molecule has 0 saturated heterocycles. The molecule has 3 aromatic carbocycles. The molecule has 0 radical (unpaired) electrons. The van der Waals surface area contributed by atoms with Crippen LogP contribution >= 0.6 is 0 Å². The SMILES string of the molecule is Cc1ccc(C=NNC(=O)CN(c2ccc(C)cc2)S(=O)(=O)c2ccccc2)cc1. The Morgan fingerprint density at radius 3 is 2.07 bits per heavy atom. The molecule has 0 aliphatic carbocycles. The van der Waals surface area contributed by atoms with Gasteiger partial charge in [-0.1, -0.05) is 65.7 Å². The Morgan fingerprint density at radius 1 is 0.900 bits per heavy atom. The van der Waals surface area contributed by atoms with Gasteiger partial charge in [-0.25, -0.2) is 13.8 Å². The average molecular weight is 422 g/mol. The fourth-order valence-electron chi connectivity index (χ4n) is 2.74. The number of aryl methyl sites for hydroxylation is 2. The highest BCUT2D eigenvalue weighted by molar-refractivity contribution is 7.92. The summed E-state index contributed by atoms with van der Waals surface area (Å²) in [5.41, 5.74) is 5.75. The quantitative estimate of drug-likeness (QED) is 0.467. The summed E-state index contributed by atoms with van der Waals surface area (Å²) in [6.07, 6.45) is 1.51. The van der Waals surface area contributed by atoms with Crippen molar-refractivity contribution >= 4 is 27.8 Å². The van der Waals surface area contributed by atoms with Crippen molar-refractivity contribution in [3.63, 3.8) is 0 Å². The monoisotopic (exact) mass is 421 g/mol. The van der Waals surface area contributed by atoms with Gasteiger partial charge in [0, 0.05) is 0 Å². The number of carbonyl (C=O) groups excluding carboxylic acids is 1. The van der Waals surface area contributed by atoms with Crippen molar-refractivity contribution in [3.05, 3.63) is 95.6 Å². The van der Waals surface area contributed by atoms with E-state index in [9.17, 15) is 13.2 Å². The summed E-state index contributed by atoms with van der Waals surface area (Å²) < 4.78 is 27.5. The summed E-state index contributed by atoms with van der Waals surface area (Å²) in [5.74, 6) is -0.543. The number of amides is 1. The highest BCUT2D eigenvalue weighted by Crippen LogP contribution is 2.23. The van der Waals surface area contributed by atoms with Crippen LogP contribution in [0.3, 0.4) is 0 Å². The fourth-order valence-corrected chi connectivity index (χ4v) is 4.18. The minimum atomic E-state index is -3.92. The number of anilines is 1. The predicted molar refractivity (Wildman–Crippen MR) is 119 cm³/mol. The van der Waals surface area contributed by atoms with Gasteiger partial charge in [0.1, 0.15) is 6.54 Å². The van der Waals surface area contributed by atoms with E-state index in [1.165, 1.54) is 18.3 Å². The number of hydrazone groups is 1. The first kappa shape index (κ1) is 21.3. The second-order valence-corrected chi connectivity index (χ2v) is 8.73. The average Bonchev–Trinajstić information content (AvgIpc) is 2.75. The zero-order valence-electron chi connectivity index (χ0n) is 16.8. The van der Waals surface area contributed by atoms with Crippen LogP contribution in [-0.2, 0) is 14.8 Å². The molecule has 0 atom stereocenters. The lowest BCUT2D eigenvalue weighted by Crippen LogP contribution is -2.39. The standard InChI is InChI=1S/C23H23N3O3S/c1-18-8-12-20(13-9-18)16-24-25-23(27)17-26(21-14-10-19(2)11-15-21)30(28,29)22-6-4-3-5-7-22/h3-16H,17H2,1-2H3,(H,25,27). The molecule has 3 rings (SSSR count). The van der Waals surface area contributed by atoms with Crippen molar-refractivity contribution in [1.82, 2.24) is 5.43 Å². The lowest BCUT2D eigenvalue weighted by atomic mass is 10.2. The van der Waals surface area contributed by atoms with Crippen LogP contribution in [0.4, 0.5) is 5.69 Å². The summed E-state index contributed by atoms with van der Waals surface area (Å²) in [5, 5.41) is 3.94. The first-order chi connectivity index (χ1) is 14.4. The Morgan fingerprint density at radius 2 is 1.47 bits per heavy atom. The third-order valence-corrected chi connectivity index (χ3v) is 6.21. The molecule has 154 valence electrons. The Labute approximate surface area is 176 Å². The number of sulfonamides is 1. The van der Waals surface area contributed by atoms with E-state index in [0.29, 0.717) is 5.69 Å². The third kappa shape index (κ3) is 5.33. The van der Waals surface area contributed by atoms with Gasteiger partial charge in [-0.3, -0.25) is 9.10 Å². The van der Waals surface area contributed by atoms with Crippen LogP contribution < -0.4 is 9.73 Å². The number of rotatable bonds is 7. The van der Waals surface area contributed by atoms with Crippen LogP contribution in [-0.4, -0.2) is 27.1 Å². The van der Waals surface area contributed by atoms with E-state index in [4.69, 9.17) is 0 Å². The van der Waals surface area contributed by atoms with Crippen molar-refractivity contribution < 1.29 is 13.2 Å². The highest BCUT2D eigenvalue weighted by Gasteiger charge is 2.26. The molecule has 1 amide bonds. The third-order valence-electron chi connectivity index (χ3n) is 4.42. The van der Waals surface area contributed by atoms with Crippen molar-refractivity contribution in [1.29, 1.82) is 0 Å². The molecule has 30 heavy (non-hydrogen) atoms. The van der Waals surface area contributed by atoms with Crippen molar-refractivity contribution in [2.45, 2.75) is 18.7 Å². The van der Waals surface area contributed by atoms with E-state index in [1.807, 2.05) is 38.1 Å². The minimum absolute atomic E-state index is 0.113. The topological polar surface area (TPSA) is 78.8 Å². The molecule has 0 fully saturated rings. The van der Waals surface area contributed by atoms with Crippen LogP contribution in [0.2, 0.25) is 0 Å². The summed E-state index contributed by atoms with van der Waals surface area (Å²) in [6.45, 7) is 3.49. The molecule has 0 aliphatic rings. The molecule has 0 spiro atoms. The number of nitrogens with zero attached hydrogens (tertiary/aromatic N) is 2. The number of nitrogens with one attached hydrogen (secondary N) is 1. The Bertz CT molecular complexity index is 1120. The molecule has 0 unspecified atom stereocenters. The molecule has 0 aromatic heterocycles. The molecule has 0 heterocycles. The van der Waals surface area contributed by atoms with Gasteiger partial charge in [0.2, 0.25) is 0 Å². The Kier molecular flexibility index (Phi) is 6.64. The second kappa shape index (κ2) is 9.37. The first-order valence-electron chi connectivity index (χ1n) is 9.39. The zero-order valence-corrected chi connectivity index (χ0v) is 17.6. The summed E-state index contributed by atoms with van der Waals surface area (Å²) in [4.78, 5) is 12.6. The van der Waals surface area contributed by atoms with Crippen LogP contribution in [0, 0.1) is 13.8 Å². The van der Waals surface area contributed by atoms with Gasteiger partial charge < -0.3 is 0 Å². The van der Waals surface area contributed by atoms with Crippen LogP contribution in [0.5, 0.6) is 0 Å². The number of benzene rings is 3. The van der Waals surface area contributed by atoms with Gasteiger partial charge in [0.15, 0.2) is 0 Å². The molecule has 0 bridgehead atoms. The number of hydrogen-bond donors (Lipinski definition) is 1. The van der Waals surface area contributed by atoms with Crippen LogP contribution in [0.25, 0.3) is 0 Å². The van der Waals surface area contributed by atoms with Gasteiger partial charge in [0.05, 0.1) is 16.8 Å². The van der Waals surface area contributed by atoms with Gasteiger partial charge in [-0.15, -0.1) is 0 Å². The highest BCUT2D eigenvalue weighted by atomic mass is 32.2. The molecule has 7 heteroatoms. The van der Waals surface area contributed by atoms with Crippen molar-refractivity contribution in [2.24, 2.45) is 5.10 Å². The molecule has 3 aromatic rings. The molecule has 1 N–H and O–H groups in total. The minimum Gasteiger partial charge on any atom is -0.271 e. The fraction of sp³-hybridized carbons (Fsp3) is 0.130. The maximum absolute atomic E-state index is 13.2. The molecular formula is C23H23N3O3S. The smallest absolute Gasteiger partial charge is 0.264 e. The van der Waals surface area contributed by atoms with Gasteiger partial charge in [-0.2, -0.15) is 5.10 Å². The number of carbonyl (C=O) groups is 1. The van der Waals surface area contributed by atoms with E-state index in [-0.39, 0.29) is 4.90 Å². The molecule has 0 aliphatic heterocycles. The largest absolute Gasteiger partial charge is 0.271 e. The summed E-state index contributed by atoms with van der Waals surface area (Å²) in [7, 11) is -3.92. The molecular weight excluding hydrogens is 398 g/mol. The van der Waals surface area contributed by atoms with Gasteiger partial charge >= 0.3 is 0 Å². The number of hydrogen-bond acceptors (Lipinski definition) is 4. The van der Waals surface area contributed by atoms with E-state index in [0.717, 1.165) is 21.0 Å². The van der Waals surface area contributed by atoms with Crippen LogP contribution in [0.1, 0.15) is 16.7 Å². The van der Waals surface area contributed by atoms with E-state index in [1.54, 1.807) is 42.5 Å². The van der Waals surface area contributed by atoms with Crippen molar-refractivity contribution in [3.8, 4) is 0 Å². The lowest BCUT2D eigenvalue weighted by Gasteiger charge is -2.23. The summed E-state index contributed by atoms with van der Waals surface area (Å²) >= 11 is 0. The Hall–Kier alpha value is -3.45. The molecule has 0 saturated carbocycles. The maximum atomic E-state index is 13.2.